The molecular formula is C17H23BrN2O2S2. The molecule has 0 radical (unpaired) electrons. The van der Waals surface area contributed by atoms with Crippen LogP contribution in [0.25, 0.3) is 0 Å². The van der Waals surface area contributed by atoms with Crippen molar-refractivity contribution in [3.05, 3.63) is 22.8 Å². The van der Waals surface area contributed by atoms with E-state index in [-0.39, 0.29) is 12.0 Å². The third kappa shape index (κ3) is 5.56. The number of amides is 1. The molecule has 0 N–H and O–H groups in total. The molecule has 4 nitrogen and oxygen atoms in total. The average Bonchev–Trinajstić information content (AvgIpc) is 3.25. The molecule has 3 rings (SSSR count). The average molecular weight is 431 g/mol. The van der Waals surface area contributed by atoms with E-state index < -0.39 is 0 Å². The largest absolute Gasteiger partial charge is 0.472 e. The number of ether oxygens (including phenoxy) is 1. The van der Waals surface area contributed by atoms with Gasteiger partial charge in [0.15, 0.2) is 0 Å². The highest BCUT2D eigenvalue weighted by atomic mass is 79.9. The number of carbonyl (C=O) groups is 1. The molecule has 2 aliphatic rings. The molecule has 0 spiro atoms. The predicted octanol–water partition coefficient (Wildman–Crippen LogP) is 4.54. The molecule has 0 bridgehead atoms. The Morgan fingerprint density at radius 1 is 1.38 bits per heavy atom. The topological polar surface area (TPSA) is 42.4 Å². The van der Waals surface area contributed by atoms with Crippen LogP contribution in [0.15, 0.2) is 22.8 Å². The lowest BCUT2D eigenvalue weighted by Crippen LogP contribution is -2.30. The van der Waals surface area contributed by atoms with Gasteiger partial charge < -0.3 is 9.64 Å². The fourth-order valence-electron chi connectivity index (χ4n) is 3.02. The van der Waals surface area contributed by atoms with Crippen LogP contribution >= 0.6 is 37.5 Å². The number of nitrogens with zero attached hydrogens (tertiary/aromatic N) is 2. The number of pyridine rings is 1. The van der Waals surface area contributed by atoms with Gasteiger partial charge in [0.05, 0.1) is 6.54 Å². The summed E-state index contributed by atoms with van der Waals surface area (Å²) in [7, 11) is 4.01. The highest BCUT2D eigenvalue weighted by Gasteiger charge is 2.27. The van der Waals surface area contributed by atoms with Crippen LogP contribution in [-0.4, -0.2) is 46.0 Å². The van der Waals surface area contributed by atoms with Crippen molar-refractivity contribution >= 4 is 43.4 Å². The first-order chi connectivity index (χ1) is 11.7. The number of aromatic nitrogens is 1. The summed E-state index contributed by atoms with van der Waals surface area (Å²) in [5.41, 5.74) is 0. The summed E-state index contributed by atoms with van der Waals surface area (Å²) >= 11 is 3.36. The van der Waals surface area contributed by atoms with Gasteiger partial charge in [0, 0.05) is 47.1 Å². The molecule has 7 heteroatoms. The van der Waals surface area contributed by atoms with Crippen molar-refractivity contribution in [2.75, 3.05) is 18.8 Å². The molecule has 0 aliphatic carbocycles. The maximum absolute atomic E-state index is 12.3. The zero-order valence-corrected chi connectivity index (χ0v) is 16.9. The Morgan fingerprint density at radius 2 is 2.29 bits per heavy atom. The van der Waals surface area contributed by atoms with Gasteiger partial charge in [0.2, 0.25) is 11.8 Å². The van der Waals surface area contributed by atoms with Crippen LogP contribution in [0, 0.1) is 0 Å². The van der Waals surface area contributed by atoms with Gasteiger partial charge in [-0.05, 0) is 41.3 Å². The second-order valence-electron chi connectivity index (χ2n) is 6.26. The van der Waals surface area contributed by atoms with E-state index in [1.165, 1.54) is 25.0 Å². The standard InChI is InChI=1S/C17H23BrN2O2S2/c18-13-5-6-16(19-11-13)22-14-7-9-20(12-14)17(21)4-2-1-3-15-8-10-23-24-15/h5-6,11,14-15H,1-4,7-10,12H2. The third-order valence-electron chi connectivity index (χ3n) is 4.38. The molecule has 2 aliphatic heterocycles. The van der Waals surface area contributed by atoms with Crippen molar-refractivity contribution < 1.29 is 9.53 Å². The Labute approximate surface area is 160 Å². The van der Waals surface area contributed by atoms with Crippen LogP contribution in [0.1, 0.15) is 38.5 Å². The minimum absolute atomic E-state index is 0.0644. The van der Waals surface area contributed by atoms with Gasteiger partial charge in [-0.25, -0.2) is 4.98 Å². The number of hydrogen-bond donors (Lipinski definition) is 0. The summed E-state index contributed by atoms with van der Waals surface area (Å²) in [4.78, 5) is 18.5. The Balaban J connectivity index is 1.33. The van der Waals surface area contributed by atoms with Crippen molar-refractivity contribution in [3.63, 3.8) is 0 Å². The Hall–Kier alpha value is -0.400. The van der Waals surface area contributed by atoms with E-state index in [0.717, 1.165) is 29.1 Å². The first-order valence-electron chi connectivity index (χ1n) is 8.55. The maximum atomic E-state index is 12.3. The number of hydrogen-bond acceptors (Lipinski definition) is 5. The molecule has 24 heavy (non-hydrogen) atoms. The zero-order chi connectivity index (χ0) is 16.8. The van der Waals surface area contributed by atoms with Gasteiger partial charge >= 0.3 is 0 Å². The van der Waals surface area contributed by atoms with Crippen molar-refractivity contribution in [1.29, 1.82) is 0 Å². The molecule has 1 amide bonds. The number of halogens is 1. The van der Waals surface area contributed by atoms with Crippen LogP contribution in [0.2, 0.25) is 0 Å². The van der Waals surface area contributed by atoms with Crippen LogP contribution in [0.4, 0.5) is 0 Å². The van der Waals surface area contributed by atoms with E-state index in [2.05, 4.69) is 20.9 Å². The van der Waals surface area contributed by atoms with Gasteiger partial charge in [0.1, 0.15) is 6.10 Å². The van der Waals surface area contributed by atoms with Gasteiger partial charge in [-0.1, -0.05) is 28.0 Å². The van der Waals surface area contributed by atoms with Crippen LogP contribution < -0.4 is 4.74 Å². The lowest BCUT2D eigenvalue weighted by Gasteiger charge is -2.17. The van der Waals surface area contributed by atoms with Crippen molar-refractivity contribution in [2.45, 2.75) is 49.9 Å². The summed E-state index contributed by atoms with van der Waals surface area (Å²) in [5.74, 6) is 2.19. The second kappa shape index (κ2) is 9.34. The monoisotopic (exact) mass is 430 g/mol. The first kappa shape index (κ1) is 18.4. The number of unbranched alkanes of at least 4 members (excludes halogenated alkanes) is 1. The van der Waals surface area contributed by atoms with Crippen LogP contribution in [0.3, 0.4) is 0 Å². The number of rotatable bonds is 7. The Kier molecular flexibility index (Phi) is 7.16. The molecule has 2 atom stereocenters. The lowest BCUT2D eigenvalue weighted by molar-refractivity contribution is -0.130. The first-order valence-corrected chi connectivity index (χ1v) is 11.7. The molecule has 2 unspecified atom stereocenters. The van der Waals surface area contributed by atoms with E-state index >= 15 is 0 Å². The van der Waals surface area contributed by atoms with E-state index in [1.54, 1.807) is 6.20 Å². The van der Waals surface area contributed by atoms with Gasteiger partial charge in [-0.2, -0.15) is 0 Å². The molecule has 1 aromatic heterocycles. The molecule has 3 heterocycles. The van der Waals surface area contributed by atoms with Crippen LogP contribution in [-0.2, 0) is 4.79 Å². The van der Waals surface area contributed by atoms with E-state index in [0.29, 0.717) is 18.8 Å². The van der Waals surface area contributed by atoms with E-state index in [9.17, 15) is 4.79 Å². The zero-order valence-electron chi connectivity index (χ0n) is 13.7. The number of likely N-dealkylation sites (tertiary alicyclic amines) is 1. The van der Waals surface area contributed by atoms with E-state index in [1.807, 2.05) is 38.6 Å². The summed E-state index contributed by atoms with van der Waals surface area (Å²) in [5, 5.41) is 0.813. The SMILES string of the molecule is O=C(CCCCC1CCSS1)N1CCC(Oc2ccc(Br)cn2)C1. The fraction of sp³-hybridized carbons (Fsp3) is 0.647. The summed E-state index contributed by atoms with van der Waals surface area (Å²) in [6.45, 7) is 1.49. The van der Waals surface area contributed by atoms with Crippen molar-refractivity contribution in [3.8, 4) is 5.88 Å². The molecule has 2 fully saturated rings. The summed E-state index contributed by atoms with van der Waals surface area (Å²) < 4.78 is 6.81. The smallest absolute Gasteiger partial charge is 0.222 e. The van der Waals surface area contributed by atoms with Gasteiger partial charge in [-0.3, -0.25) is 4.79 Å². The highest BCUT2D eigenvalue weighted by Crippen LogP contribution is 2.39. The molecule has 132 valence electrons. The molecule has 0 aromatic carbocycles. The third-order valence-corrected chi connectivity index (χ3v) is 7.86. The second-order valence-corrected chi connectivity index (χ2v) is 9.96. The predicted molar refractivity (Wildman–Crippen MR) is 104 cm³/mol. The highest BCUT2D eigenvalue weighted by molar-refractivity contribution is 9.10. The Bertz CT molecular complexity index is 538. The number of carbonyl (C=O) groups excluding carboxylic acids is 1. The molecule has 0 saturated carbocycles. The minimum Gasteiger partial charge on any atom is -0.472 e. The maximum Gasteiger partial charge on any atom is 0.222 e. The summed E-state index contributed by atoms with van der Waals surface area (Å²) in [6, 6.07) is 3.77. The van der Waals surface area contributed by atoms with Gasteiger partial charge in [0.25, 0.3) is 0 Å². The molecule has 2 saturated heterocycles. The van der Waals surface area contributed by atoms with Crippen LogP contribution in [0.5, 0.6) is 5.88 Å². The van der Waals surface area contributed by atoms with E-state index in [4.69, 9.17) is 4.74 Å². The fourth-order valence-corrected chi connectivity index (χ4v) is 6.29. The summed E-state index contributed by atoms with van der Waals surface area (Å²) in [6.07, 6.45) is 8.12. The lowest BCUT2D eigenvalue weighted by atomic mass is 10.1. The minimum atomic E-state index is 0.0644. The Morgan fingerprint density at radius 3 is 3.04 bits per heavy atom. The molecular weight excluding hydrogens is 408 g/mol. The van der Waals surface area contributed by atoms with Gasteiger partial charge in [-0.15, -0.1) is 0 Å². The molecule has 1 aromatic rings. The van der Waals surface area contributed by atoms with Crippen molar-refractivity contribution in [2.24, 2.45) is 0 Å². The van der Waals surface area contributed by atoms with Crippen molar-refractivity contribution in [1.82, 2.24) is 9.88 Å². The normalized spacial score (nSPS) is 23.6. The quantitative estimate of drug-likeness (QED) is 0.469.